The molecule has 0 aliphatic carbocycles. The molecule has 1 N–H and O–H groups in total. The molecule has 0 saturated heterocycles. The molecule has 2 heterocycles. The van der Waals surface area contributed by atoms with Crippen LogP contribution in [0.1, 0.15) is 66.6 Å². The topological polar surface area (TPSA) is 67.8 Å². The van der Waals surface area contributed by atoms with Crippen LogP contribution in [0.3, 0.4) is 0 Å². The van der Waals surface area contributed by atoms with Gasteiger partial charge in [0.1, 0.15) is 9.88 Å². The highest BCUT2D eigenvalue weighted by molar-refractivity contribution is 7.16. The molecular formula is C15H22N4OS2. The summed E-state index contributed by atoms with van der Waals surface area (Å²) < 4.78 is 0. The molecule has 0 bridgehead atoms. The maximum atomic E-state index is 12.2. The van der Waals surface area contributed by atoms with Gasteiger partial charge in [-0.05, 0) is 6.42 Å². The van der Waals surface area contributed by atoms with Crippen LogP contribution in [0.4, 0.5) is 5.13 Å². The van der Waals surface area contributed by atoms with Crippen molar-refractivity contribution in [2.24, 2.45) is 0 Å². The van der Waals surface area contributed by atoms with Crippen LogP contribution >= 0.6 is 22.7 Å². The molecule has 0 radical (unpaired) electrons. The third-order valence-electron chi connectivity index (χ3n) is 3.05. The van der Waals surface area contributed by atoms with Gasteiger partial charge in [-0.15, -0.1) is 21.5 Å². The molecule has 5 nitrogen and oxygen atoms in total. The minimum absolute atomic E-state index is 0.0433. The lowest BCUT2D eigenvalue weighted by molar-refractivity contribution is 0.103. The normalized spacial score (nSPS) is 11.6. The van der Waals surface area contributed by atoms with E-state index in [4.69, 9.17) is 0 Å². The second-order valence-electron chi connectivity index (χ2n) is 6.19. The van der Waals surface area contributed by atoms with E-state index in [0.29, 0.717) is 10.0 Å². The lowest BCUT2D eigenvalue weighted by Crippen LogP contribution is -2.10. The fourth-order valence-electron chi connectivity index (χ4n) is 1.82. The van der Waals surface area contributed by atoms with Gasteiger partial charge in [-0.25, -0.2) is 4.98 Å². The Labute approximate surface area is 139 Å². The minimum atomic E-state index is -0.163. The molecule has 0 aliphatic rings. The van der Waals surface area contributed by atoms with Gasteiger partial charge in [0.2, 0.25) is 5.13 Å². The van der Waals surface area contributed by atoms with Crippen molar-refractivity contribution >= 4 is 33.7 Å². The highest BCUT2D eigenvalue weighted by atomic mass is 32.1. The largest absolute Gasteiger partial charge is 0.296 e. The number of nitrogens with one attached hydrogen (secondary N) is 1. The second kappa shape index (κ2) is 7.28. The number of unbranched alkanes of at least 4 members (excludes halogenated alkanes) is 2. The van der Waals surface area contributed by atoms with Crippen LogP contribution in [-0.4, -0.2) is 21.1 Å². The summed E-state index contributed by atoms with van der Waals surface area (Å²) in [5, 5.41) is 13.5. The number of carbonyl (C=O) groups is 1. The number of carbonyl (C=O) groups excluding carboxylic acids is 1. The van der Waals surface area contributed by atoms with E-state index >= 15 is 0 Å². The smallest absolute Gasteiger partial charge is 0.269 e. The molecule has 22 heavy (non-hydrogen) atoms. The number of anilines is 1. The van der Waals surface area contributed by atoms with Gasteiger partial charge in [-0.2, -0.15) is 0 Å². The van der Waals surface area contributed by atoms with Crippen molar-refractivity contribution in [2.45, 2.75) is 58.8 Å². The Morgan fingerprint density at radius 3 is 2.64 bits per heavy atom. The van der Waals surface area contributed by atoms with Gasteiger partial charge in [-0.1, -0.05) is 51.9 Å². The van der Waals surface area contributed by atoms with Crippen molar-refractivity contribution in [3.8, 4) is 0 Å². The Morgan fingerprint density at radius 2 is 2.00 bits per heavy atom. The predicted octanol–water partition coefficient (Wildman–Crippen LogP) is 4.28. The first-order valence-electron chi connectivity index (χ1n) is 7.50. The summed E-state index contributed by atoms with van der Waals surface area (Å²) in [6, 6.07) is 0. The van der Waals surface area contributed by atoms with Crippen molar-refractivity contribution in [2.75, 3.05) is 5.32 Å². The number of aryl methyl sites for hydroxylation is 1. The Kier molecular flexibility index (Phi) is 5.63. The van der Waals surface area contributed by atoms with E-state index in [9.17, 15) is 4.79 Å². The van der Waals surface area contributed by atoms with Crippen molar-refractivity contribution in [3.05, 3.63) is 21.1 Å². The van der Waals surface area contributed by atoms with Gasteiger partial charge in [0.05, 0.1) is 11.2 Å². The monoisotopic (exact) mass is 338 g/mol. The molecule has 0 aliphatic heterocycles. The first kappa shape index (κ1) is 17.0. The number of hydrogen-bond donors (Lipinski definition) is 1. The summed E-state index contributed by atoms with van der Waals surface area (Å²) >= 11 is 2.87. The zero-order valence-electron chi connectivity index (χ0n) is 13.5. The number of rotatable bonds is 6. The average Bonchev–Trinajstić information content (AvgIpc) is 3.07. The Balaban J connectivity index is 1.96. The molecule has 1 amide bonds. The van der Waals surface area contributed by atoms with Gasteiger partial charge in [0.15, 0.2) is 0 Å². The fraction of sp³-hybridized carbons (Fsp3) is 0.600. The maximum absolute atomic E-state index is 12.2. The summed E-state index contributed by atoms with van der Waals surface area (Å²) in [5.74, 6) is -0.163. The molecule has 7 heteroatoms. The first-order chi connectivity index (χ1) is 10.4. The Hall–Kier alpha value is -1.34. The molecule has 2 aromatic heterocycles. The van der Waals surface area contributed by atoms with E-state index in [2.05, 4.69) is 48.2 Å². The van der Waals surface area contributed by atoms with Crippen molar-refractivity contribution < 1.29 is 4.79 Å². The molecule has 120 valence electrons. The average molecular weight is 339 g/mol. The molecule has 0 fully saturated rings. The molecule has 0 saturated carbocycles. The zero-order chi connectivity index (χ0) is 16.2. The van der Waals surface area contributed by atoms with Crippen LogP contribution in [0.15, 0.2) is 6.20 Å². The summed E-state index contributed by atoms with van der Waals surface area (Å²) in [7, 11) is 0. The predicted molar refractivity (Wildman–Crippen MR) is 91.9 cm³/mol. The van der Waals surface area contributed by atoms with Crippen LogP contribution in [0.5, 0.6) is 0 Å². The third kappa shape index (κ3) is 4.58. The number of amides is 1. The highest BCUT2D eigenvalue weighted by Gasteiger charge is 2.20. The summed E-state index contributed by atoms with van der Waals surface area (Å²) in [6.07, 6.45) is 6.05. The number of nitrogens with zero attached hydrogens (tertiary/aromatic N) is 3. The molecule has 2 rings (SSSR count). The molecular weight excluding hydrogens is 316 g/mol. The molecule has 0 spiro atoms. The van der Waals surface area contributed by atoms with Crippen LogP contribution < -0.4 is 5.32 Å². The van der Waals surface area contributed by atoms with E-state index in [-0.39, 0.29) is 11.3 Å². The summed E-state index contributed by atoms with van der Waals surface area (Å²) in [5.41, 5.74) is -0.0433. The molecule has 2 aromatic rings. The van der Waals surface area contributed by atoms with Crippen molar-refractivity contribution in [1.29, 1.82) is 0 Å². The van der Waals surface area contributed by atoms with Gasteiger partial charge < -0.3 is 0 Å². The molecule has 0 unspecified atom stereocenters. The van der Waals surface area contributed by atoms with E-state index in [1.807, 2.05) is 0 Å². The summed E-state index contributed by atoms with van der Waals surface area (Å²) in [4.78, 5) is 17.2. The SMILES string of the molecule is CCCCCc1nnc(NC(=O)c2cnc(C(C)(C)C)s2)s1. The van der Waals surface area contributed by atoms with E-state index in [1.54, 1.807) is 6.20 Å². The maximum Gasteiger partial charge on any atom is 0.269 e. The Bertz CT molecular complexity index is 628. The van der Waals surface area contributed by atoms with Crippen LogP contribution in [0, 0.1) is 0 Å². The fourth-order valence-corrected chi connectivity index (χ4v) is 3.46. The lowest BCUT2D eigenvalue weighted by atomic mass is 9.98. The number of aromatic nitrogens is 3. The van der Waals surface area contributed by atoms with Gasteiger partial charge in [0.25, 0.3) is 5.91 Å². The number of thiazole rings is 1. The zero-order valence-corrected chi connectivity index (χ0v) is 15.1. The van der Waals surface area contributed by atoms with Crippen LogP contribution in [0.2, 0.25) is 0 Å². The molecule has 0 aromatic carbocycles. The first-order valence-corrected chi connectivity index (χ1v) is 9.13. The van der Waals surface area contributed by atoms with Crippen molar-refractivity contribution in [1.82, 2.24) is 15.2 Å². The van der Waals surface area contributed by atoms with E-state index in [1.165, 1.54) is 35.5 Å². The second-order valence-corrected chi connectivity index (χ2v) is 8.28. The van der Waals surface area contributed by atoms with Gasteiger partial charge in [0, 0.05) is 11.8 Å². The highest BCUT2D eigenvalue weighted by Crippen LogP contribution is 2.27. The van der Waals surface area contributed by atoms with Crippen LogP contribution in [-0.2, 0) is 11.8 Å². The van der Waals surface area contributed by atoms with Gasteiger partial charge >= 0.3 is 0 Å². The summed E-state index contributed by atoms with van der Waals surface area (Å²) in [6.45, 7) is 8.43. The van der Waals surface area contributed by atoms with Crippen LogP contribution in [0.25, 0.3) is 0 Å². The van der Waals surface area contributed by atoms with Crippen molar-refractivity contribution in [3.63, 3.8) is 0 Å². The molecule has 0 atom stereocenters. The Morgan fingerprint density at radius 1 is 1.23 bits per heavy atom. The lowest BCUT2D eigenvalue weighted by Gasteiger charge is -2.13. The minimum Gasteiger partial charge on any atom is -0.296 e. The van der Waals surface area contributed by atoms with E-state index < -0.39 is 0 Å². The third-order valence-corrected chi connectivity index (χ3v) is 5.37. The standard InChI is InChI=1S/C15H22N4OS2/c1-5-6-7-8-11-18-19-14(22-11)17-12(20)10-9-16-13(21-10)15(2,3)4/h9H,5-8H2,1-4H3,(H,17,19,20). The van der Waals surface area contributed by atoms with E-state index in [0.717, 1.165) is 22.9 Å². The van der Waals surface area contributed by atoms with Gasteiger partial charge in [-0.3, -0.25) is 10.1 Å². The quantitative estimate of drug-likeness (QED) is 0.798. The number of hydrogen-bond acceptors (Lipinski definition) is 6.